The molecule has 0 unspecified atom stereocenters. The minimum atomic E-state index is -0.0313. The van der Waals surface area contributed by atoms with Crippen molar-refractivity contribution in [3.05, 3.63) is 83.2 Å². The highest BCUT2D eigenvalue weighted by Crippen LogP contribution is 2.20. The van der Waals surface area contributed by atoms with Crippen LogP contribution in [0.25, 0.3) is 0 Å². The Balaban J connectivity index is 1.37. The number of rotatable bonds is 5. The zero-order valence-corrected chi connectivity index (χ0v) is 15.8. The van der Waals surface area contributed by atoms with Gasteiger partial charge in [0.15, 0.2) is 0 Å². The van der Waals surface area contributed by atoms with Gasteiger partial charge in [-0.15, -0.1) is 0 Å². The molecule has 2 heterocycles. The average molecular weight is 374 g/mol. The minimum Gasteiger partial charge on any atom is -0.497 e. The highest BCUT2D eigenvalue weighted by molar-refractivity contribution is 5.93. The van der Waals surface area contributed by atoms with Crippen LogP contribution in [0.3, 0.4) is 0 Å². The van der Waals surface area contributed by atoms with Crippen LogP contribution < -0.4 is 10.1 Å². The zero-order valence-electron chi connectivity index (χ0n) is 15.8. The Kier molecular flexibility index (Phi) is 5.19. The van der Waals surface area contributed by atoms with E-state index in [1.807, 2.05) is 41.3 Å². The van der Waals surface area contributed by atoms with Gasteiger partial charge < -0.3 is 15.0 Å². The van der Waals surface area contributed by atoms with Gasteiger partial charge in [0, 0.05) is 32.0 Å². The number of amides is 1. The van der Waals surface area contributed by atoms with Gasteiger partial charge in [0.25, 0.3) is 5.91 Å². The van der Waals surface area contributed by atoms with Crippen LogP contribution in [0.2, 0.25) is 0 Å². The van der Waals surface area contributed by atoms with Crippen molar-refractivity contribution in [3.8, 4) is 5.75 Å². The third-order valence-electron chi connectivity index (χ3n) is 4.93. The van der Waals surface area contributed by atoms with E-state index in [0.717, 1.165) is 17.7 Å². The summed E-state index contributed by atoms with van der Waals surface area (Å²) in [5.74, 6) is 1.29. The molecule has 3 aromatic rings. The first kappa shape index (κ1) is 18.0. The molecule has 1 aliphatic heterocycles. The molecule has 1 aliphatic rings. The van der Waals surface area contributed by atoms with Gasteiger partial charge >= 0.3 is 0 Å². The maximum atomic E-state index is 12.8. The van der Waals surface area contributed by atoms with Gasteiger partial charge in [0.1, 0.15) is 5.75 Å². The number of aromatic nitrogens is 2. The molecule has 1 N–H and O–H groups in total. The molecule has 142 valence electrons. The summed E-state index contributed by atoms with van der Waals surface area (Å²) in [5, 5.41) is 3.17. The van der Waals surface area contributed by atoms with Crippen LogP contribution in [0, 0.1) is 0 Å². The smallest absolute Gasteiger partial charge is 0.257 e. The molecule has 0 radical (unpaired) electrons. The molecule has 0 saturated carbocycles. The Bertz CT molecular complexity index is 955. The molecule has 28 heavy (non-hydrogen) atoms. The van der Waals surface area contributed by atoms with Crippen LogP contribution in [0.15, 0.2) is 60.9 Å². The molecule has 1 aromatic heterocycles. The summed E-state index contributed by atoms with van der Waals surface area (Å²) in [5.41, 5.74) is 4.13. The molecule has 0 spiro atoms. The number of ether oxygens (including phenoxy) is 1. The van der Waals surface area contributed by atoms with Gasteiger partial charge in [0.05, 0.1) is 12.7 Å². The molecule has 2 aromatic carbocycles. The second-order valence-corrected chi connectivity index (χ2v) is 6.74. The third kappa shape index (κ3) is 3.96. The Morgan fingerprint density at radius 1 is 1.07 bits per heavy atom. The van der Waals surface area contributed by atoms with E-state index < -0.39 is 0 Å². The molecule has 6 heteroatoms. The van der Waals surface area contributed by atoms with Gasteiger partial charge in [-0.1, -0.05) is 36.4 Å². The van der Waals surface area contributed by atoms with Crippen molar-refractivity contribution in [1.82, 2.24) is 14.9 Å². The summed E-state index contributed by atoms with van der Waals surface area (Å²) in [6.45, 7) is 1.94. The number of nitrogens with one attached hydrogen (secondary N) is 1. The minimum absolute atomic E-state index is 0.0313. The summed E-state index contributed by atoms with van der Waals surface area (Å²) in [6, 6.07) is 16.1. The fraction of sp³-hybridized carbons (Fsp3) is 0.227. The molecule has 4 rings (SSSR count). The monoisotopic (exact) mass is 374 g/mol. The molecule has 6 nitrogen and oxygen atoms in total. The van der Waals surface area contributed by atoms with Gasteiger partial charge in [0.2, 0.25) is 5.95 Å². The van der Waals surface area contributed by atoms with Crippen LogP contribution in [-0.2, 0) is 19.5 Å². The van der Waals surface area contributed by atoms with Crippen molar-refractivity contribution in [1.29, 1.82) is 0 Å². The number of benzene rings is 2. The normalized spacial score (nSPS) is 13.0. The van der Waals surface area contributed by atoms with E-state index in [9.17, 15) is 4.79 Å². The predicted molar refractivity (Wildman–Crippen MR) is 107 cm³/mol. The summed E-state index contributed by atoms with van der Waals surface area (Å²) in [6.07, 6.45) is 4.06. The van der Waals surface area contributed by atoms with E-state index in [2.05, 4.69) is 27.4 Å². The van der Waals surface area contributed by atoms with Gasteiger partial charge in [-0.25, -0.2) is 9.97 Å². The fourth-order valence-electron chi connectivity index (χ4n) is 3.31. The summed E-state index contributed by atoms with van der Waals surface area (Å²) in [4.78, 5) is 23.2. The molecule has 0 saturated heterocycles. The van der Waals surface area contributed by atoms with Crippen LogP contribution in [-0.4, -0.2) is 34.4 Å². The Morgan fingerprint density at radius 2 is 1.79 bits per heavy atom. The molecule has 0 bridgehead atoms. The number of carbonyl (C=O) groups is 1. The molecule has 0 fully saturated rings. The number of carbonyl (C=O) groups excluding carboxylic acids is 1. The fourth-order valence-corrected chi connectivity index (χ4v) is 3.31. The molecular weight excluding hydrogens is 352 g/mol. The highest BCUT2D eigenvalue weighted by Gasteiger charge is 2.22. The maximum Gasteiger partial charge on any atom is 0.257 e. The van der Waals surface area contributed by atoms with E-state index >= 15 is 0 Å². The lowest BCUT2D eigenvalue weighted by Gasteiger charge is -2.28. The summed E-state index contributed by atoms with van der Waals surface area (Å²) in [7, 11) is 1.65. The van der Waals surface area contributed by atoms with Crippen LogP contribution in [0.5, 0.6) is 5.75 Å². The maximum absolute atomic E-state index is 12.8. The number of nitrogens with zero attached hydrogens (tertiary/aromatic N) is 3. The second-order valence-electron chi connectivity index (χ2n) is 6.74. The van der Waals surface area contributed by atoms with Crippen LogP contribution >= 0.6 is 0 Å². The van der Waals surface area contributed by atoms with E-state index in [4.69, 9.17) is 4.74 Å². The van der Waals surface area contributed by atoms with Gasteiger partial charge in [-0.2, -0.15) is 0 Å². The number of hydrogen-bond acceptors (Lipinski definition) is 5. The van der Waals surface area contributed by atoms with E-state index in [1.54, 1.807) is 19.5 Å². The molecule has 0 atom stereocenters. The molecule has 1 amide bonds. The molecular formula is C22H22N4O2. The SMILES string of the molecule is COc1ccc(CNc2ncc(C(=O)N3CCc4ccccc4C3)cn2)cc1. The second kappa shape index (κ2) is 8.08. The van der Waals surface area contributed by atoms with E-state index in [1.165, 1.54) is 11.1 Å². The van der Waals surface area contributed by atoms with Crippen molar-refractivity contribution >= 4 is 11.9 Å². The first-order valence-electron chi connectivity index (χ1n) is 9.28. The third-order valence-corrected chi connectivity index (χ3v) is 4.93. The lowest BCUT2D eigenvalue weighted by atomic mass is 9.99. The van der Waals surface area contributed by atoms with Gasteiger partial charge in [-0.3, -0.25) is 4.79 Å². The number of fused-ring (bicyclic) bond motifs is 1. The number of anilines is 1. The first-order chi connectivity index (χ1) is 13.7. The summed E-state index contributed by atoms with van der Waals surface area (Å²) < 4.78 is 5.16. The average Bonchev–Trinajstić information content (AvgIpc) is 2.77. The van der Waals surface area contributed by atoms with Crippen molar-refractivity contribution in [2.45, 2.75) is 19.5 Å². The van der Waals surface area contributed by atoms with Crippen LogP contribution in [0.4, 0.5) is 5.95 Å². The van der Waals surface area contributed by atoms with Crippen molar-refractivity contribution < 1.29 is 9.53 Å². The highest BCUT2D eigenvalue weighted by atomic mass is 16.5. The number of hydrogen-bond donors (Lipinski definition) is 1. The molecule has 0 aliphatic carbocycles. The van der Waals surface area contributed by atoms with Crippen molar-refractivity contribution in [3.63, 3.8) is 0 Å². The van der Waals surface area contributed by atoms with E-state index in [-0.39, 0.29) is 5.91 Å². The van der Waals surface area contributed by atoms with Crippen molar-refractivity contribution in [2.24, 2.45) is 0 Å². The Hall–Kier alpha value is -3.41. The number of methoxy groups -OCH3 is 1. The van der Waals surface area contributed by atoms with E-state index in [0.29, 0.717) is 31.1 Å². The summed E-state index contributed by atoms with van der Waals surface area (Å²) >= 11 is 0. The lowest BCUT2D eigenvalue weighted by Crippen LogP contribution is -2.36. The quantitative estimate of drug-likeness (QED) is 0.742. The van der Waals surface area contributed by atoms with Crippen LogP contribution in [0.1, 0.15) is 27.0 Å². The lowest BCUT2D eigenvalue weighted by molar-refractivity contribution is 0.0734. The topological polar surface area (TPSA) is 67.3 Å². The zero-order chi connectivity index (χ0) is 19.3. The van der Waals surface area contributed by atoms with Gasteiger partial charge in [-0.05, 0) is 35.2 Å². The first-order valence-corrected chi connectivity index (χ1v) is 9.28. The Labute approximate surface area is 164 Å². The van der Waals surface area contributed by atoms with Crippen molar-refractivity contribution in [2.75, 3.05) is 19.0 Å². The Morgan fingerprint density at radius 3 is 2.50 bits per heavy atom. The predicted octanol–water partition coefficient (Wildman–Crippen LogP) is 3.30. The largest absolute Gasteiger partial charge is 0.497 e. The standard InChI is InChI=1S/C22H22N4O2/c1-28-20-8-6-16(7-9-20)12-23-22-24-13-19(14-25-22)21(27)26-11-10-17-4-2-3-5-18(17)15-26/h2-9,13-14H,10-12,15H2,1H3,(H,23,24,25).